The number of hydrogen-bond acceptors (Lipinski definition) is 3. The van der Waals surface area contributed by atoms with Gasteiger partial charge in [-0.2, -0.15) is 5.26 Å². The number of pyridine rings is 1. The van der Waals surface area contributed by atoms with Crippen LogP contribution in [-0.4, -0.2) is 4.57 Å². The summed E-state index contributed by atoms with van der Waals surface area (Å²) < 4.78 is 27.7. The smallest absolute Gasteiger partial charge is 0.270 e. The second-order valence-electron chi connectivity index (χ2n) is 3.96. The Morgan fingerprint density at radius 2 is 1.95 bits per heavy atom. The van der Waals surface area contributed by atoms with Gasteiger partial charge in [-0.1, -0.05) is 0 Å². The van der Waals surface area contributed by atoms with Crippen molar-refractivity contribution in [1.82, 2.24) is 4.57 Å². The van der Waals surface area contributed by atoms with Crippen molar-refractivity contribution in [2.75, 3.05) is 5.73 Å². The van der Waals surface area contributed by atoms with Gasteiger partial charge in [0.1, 0.15) is 29.1 Å². The zero-order valence-electron chi connectivity index (χ0n) is 9.95. The Morgan fingerprint density at radius 1 is 1.26 bits per heavy atom. The Morgan fingerprint density at radius 3 is 2.53 bits per heavy atom. The summed E-state index contributed by atoms with van der Waals surface area (Å²) in [6.45, 7) is 0. The molecule has 2 N–H and O–H groups in total. The van der Waals surface area contributed by atoms with Gasteiger partial charge in [-0.05, 0) is 18.2 Å². The van der Waals surface area contributed by atoms with E-state index in [-0.39, 0.29) is 22.5 Å². The van der Waals surface area contributed by atoms with E-state index in [0.29, 0.717) is 6.07 Å². The average molecular weight is 261 g/mol. The van der Waals surface area contributed by atoms with Crippen LogP contribution < -0.4 is 11.3 Å². The summed E-state index contributed by atoms with van der Waals surface area (Å²) in [5.41, 5.74) is 4.78. The molecule has 0 amide bonds. The van der Waals surface area contributed by atoms with E-state index in [0.717, 1.165) is 10.6 Å². The highest BCUT2D eigenvalue weighted by molar-refractivity contribution is 5.72. The van der Waals surface area contributed by atoms with Gasteiger partial charge < -0.3 is 5.73 Å². The summed E-state index contributed by atoms with van der Waals surface area (Å²) in [5.74, 6) is -1.51. The minimum atomic E-state index is -0.857. The lowest BCUT2D eigenvalue weighted by Crippen LogP contribution is -2.23. The molecule has 0 aliphatic heterocycles. The quantitative estimate of drug-likeness (QED) is 0.850. The predicted molar refractivity (Wildman–Crippen MR) is 66.2 cm³/mol. The number of nitrogen functional groups attached to an aromatic ring is 1. The first-order valence-corrected chi connectivity index (χ1v) is 5.30. The zero-order valence-corrected chi connectivity index (χ0v) is 9.95. The number of aromatic nitrogens is 1. The molecule has 0 fully saturated rings. The lowest BCUT2D eigenvalue weighted by molar-refractivity contribution is 0.585. The van der Waals surface area contributed by atoms with E-state index in [2.05, 4.69) is 0 Å². The van der Waals surface area contributed by atoms with Crippen LogP contribution in [0.1, 0.15) is 5.56 Å². The highest BCUT2D eigenvalue weighted by Crippen LogP contribution is 2.26. The molecule has 19 heavy (non-hydrogen) atoms. The Labute approximate surface area is 107 Å². The van der Waals surface area contributed by atoms with Gasteiger partial charge in [-0.25, -0.2) is 8.78 Å². The third-order valence-corrected chi connectivity index (χ3v) is 2.80. The summed E-state index contributed by atoms with van der Waals surface area (Å²) >= 11 is 0. The maximum absolute atomic E-state index is 13.7. The number of nitriles is 1. The second-order valence-corrected chi connectivity index (χ2v) is 3.96. The van der Waals surface area contributed by atoms with Crippen LogP contribution in [0.2, 0.25) is 0 Å². The van der Waals surface area contributed by atoms with Crippen LogP contribution in [0, 0.1) is 23.0 Å². The highest BCUT2D eigenvalue weighted by atomic mass is 19.1. The molecule has 1 heterocycles. The van der Waals surface area contributed by atoms with Crippen molar-refractivity contribution >= 4 is 5.82 Å². The van der Waals surface area contributed by atoms with E-state index < -0.39 is 17.2 Å². The molecule has 0 spiro atoms. The second kappa shape index (κ2) is 4.53. The van der Waals surface area contributed by atoms with Gasteiger partial charge in [-0.3, -0.25) is 9.36 Å². The van der Waals surface area contributed by atoms with Gasteiger partial charge in [-0.15, -0.1) is 0 Å². The van der Waals surface area contributed by atoms with Crippen molar-refractivity contribution < 1.29 is 8.78 Å². The van der Waals surface area contributed by atoms with Gasteiger partial charge in [0.05, 0.1) is 0 Å². The minimum absolute atomic E-state index is 0.0395. The predicted octanol–water partition coefficient (Wildman–Crippen LogP) is 1.78. The van der Waals surface area contributed by atoms with Gasteiger partial charge in [0, 0.05) is 24.2 Å². The lowest BCUT2D eigenvalue weighted by Gasteiger charge is -2.10. The van der Waals surface area contributed by atoms with Crippen molar-refractivity contribution in [3.63, 3.8) is 0 Å². The molecule has 0 saturated heterocycles. The average Bonchev–Trinajstić information content (AvgIpc) is 2.36. The minimum Gasteiger partial charge on any atom is -0.385 e. The molecule has 2 aromatic rings. The van der Waals surface area contributed by atoms with Crippen molar-refractivity contribution in [3.8, 4) is 17.2 Å². The molecule has 96 valence electrons. The first kappa shape index (κ1) is 12.8. The molecule has 2 rings (SSSR count). The Balaban J connectivity index is 2.83. The Bertz CT molecular complexity index is 760. The number of nitrogens with two attached hydrogens (primary N) is 1. The van der Waals surface area contributed by atoms with Crippen LogP contribution in [-0.2, 0) is 7.05 Å². The van der Waals surface area contributed by atoms with Crippen molar-refractivity contribution in [2.45, 2.75) is 0 Å². The van der Waals surface area contributed by atoms with Crippen LogP contribution in [0.15, 0.2) is 29.1 Å². The van der Waals surface area contributed by atoms with Crippen LogP contribution in [0.4, 0.5) is 14.6 Å². The van der Waals surface area contributed by atoms with Crippen LogP contribution >= 0.6 is 0 Å². The van der Waals surface area contributed by atoms with E-state index in [1.165, 1.54) is 19.2 Å². The molecule has 6 heteroatoms. The van der Waals surface area contributed by atoms with Crippen LogP contribution in [0.25, 0.3) is 11.1 Å². The fourth-order valence-corrected chi connectivity index (χ4v) is 1.75. The number of nitrogens with zero attached hydrogens (tertiary/aromatic N) is 2. The van der Waals surface area contributed by atoms with E-state index >= 15 is 0 Å². The molecule has 0 atom stereocenters. The fourth-order valence-electron chi connectivity index (χ4n) is 1.75. The molecule has 1 aromatic carbocycles. The molecule has 0 unspecified atom stereocenters. The van der Waals surface area contributed by atoms with E-state index in [1.54, 1.807) is 6.07 Å². The number of anilines is 1. The first-order chi connectivity index (χ1) is 8.95. The molecule has 0 aliphatic carbocycles. The normalized spacial score (nSPS) is 10.2. The molecular weight excluding hydrogens is 252 g/mol. The third-order valence-electron chi connectivity index (χ3n) is 2.80. The largest absolute Gasteiger partial charge is 0.385 e. The van der Waals surface area contributed by atoms with Gasteiger partial charge in [0.2, 0.25) is 0 Å². The summed E-state index contributed by atoms with van der Waals surface area (Å²) in [7, 11) is 1.41. The van der Waals surface area contributed by atoms with Gasteiger partial charge in [0.15, 0.2) is 0 Å². The van der Waals surface area contributed by atoms with Crippen LogP contribution in [0.3, 0.4) is 0 Å². The molecular formula is C13H9F2N3O. The SMILES string of the molecule is Cn1c(N)cc(-c2ccc(F)cc2F)c(C#N)c1=O. The van der Waals surface area contributed by atoms with E-state index in [1.807, 2.05) is 0 Å². The molecule has 0 saturated carbocycles. The lowest BCUT2D eigenvalue weighted by atomic mass is 10.0. The maximum Gasteiger partial charge on any atom is 0.270 e. The van der Waals surface area contributed by atoms with Gasteiger partial charge >= 0.3 is 0 Å². The topological polar surface area (TPSA) is 71.8 Å². The summed E-state index contributed by atoms with van der Waals surface area (Å²) in [6.07, 6.45) is 0. The number of halogens is 2. The third kappa shape index (κ3) is 2.06. The molecule has 0 bridgehead atoms. The summed E-state index contributed by atoms with van der Waals surface area (Å²) in [6, 6.07) is 5.94. The van der Waals surface area contributed by atoms with Crippen LogP contribution in [0.5, 0.6) is 0 Å². The van der Waals surface area contributed by atoms with E-state index in [9.17, 15) is 13.6 Å². The van der Waals surface area contributed by atoms with Gasteiger partial charge in [0.25, 0.3) is 5.56 Å². The molecule has 0 aliphatic rings. The molecule has 1 aromatic heterocycles. The monoisotopic (exact) mass is 261 g/mol. The summed E-state index contributed by atoms with van der Waals surface area (Å²) in [5, 5.41) is 9.02. The summed E-state index contributed by atoms with van der Waals surface area (Å²) in [4.78, 5) is 11.9. The molecule has 0 radical (unpaired) electrons. The van der Waals surface area contributed by atoms with Crippen molar-refractivity contribution in [1.29, 1.82) is 5.26 Å². The number of hydrogen-bond donors (Lipinski definition) is 1. The highest BCUT2D eigenvalue weighted by Gasteiger charge is 2.16. The van der Waals surface area contributed by atoms with E-state index in [4.69, 9.17) is 11.0 Å². The standard InChI is InChI=1S/C13H9F2N3O/c1-18-12(17)5-9(10(6-16)13(18)19)8-3-2-7(14)4-11(8)15/h2-5H,17H2,1H3. The maximum atomic E-state index is 13.7. The molecule has 4 nitrogen and oxygen atoms in total. The Kier molecular flexibility index (Phi) is 3.05. The first-order valence-electron chi connectivity index (χ1n) is 5.30. The van der Waals surface area contributed by atoms with Crippen molar-refractivity contribution in [2.24, 2.45) is 7.05 Å². The number of benzene rings is 1. The van der Waals surface area contributed by atoms with Crippen molar-refractivity contribution in [3.05, 3.63) is 51.8 Å². The Hall–Kier alpha value is -2.68. The zero-order chi connectivity index (χ0) is 14.2. The fraction of sp³-hybridized carbons (Fsp3) is 0.0769. The number of rotatable bonds is 1.